The number of hydrogen-bond acceptors (Lipinski definition) is 6. The standard InChI is InChI=1S/C14H14ClN3O4S/c1-14(6-18-11(21)4-12(18)23-14)5-16-17-13(22)7-2-9(19)10(20)3-8(7)15/h2-3,5,12,19-20H,4,6H2,1H3,(H,17,22)/b16-5+/t12-,14+/m1/s1. The lowest BCUT2D eigenvalue weighted by Gasteiger charge is -2.32. The van der Waals surface area contributed by atoms with E-state index in [2.05, 4.69) is 10.5 Å². The van der Waals surface area contributed by atoms with Crippen LogP contribution in [-0.2, 0) is 4.79 Å². The van der Waals surface area contributed by atoms with Crippen LogP contribution in [0.5, 0.6) is 11.5 Å². The Bertz CT molecular complexity index is 726. The molecule has 1 aromatic rings. The summed E-state index contributed by atoms with van der Waals surface area (Å²) in [5.41, 5.74) is 2.34. The number of fused-ring (bicyclic) bond motifs is 1. The lowest BCUT2D eigenvalue weighted by molar-refractivity contribution is -0.140. The van der Waals surface area contributed by atoms with Crippen molar-refractivity contribution in [1.29, 1.82) is 0 Å². The van der Waals surface area contributed by atoms with Crippen molar-refractivity contribution < 1.29 is 19.8 Å². The van der Waals surface area contributed by atoms with Crippen LogP contribution in [0.4, 0.5) is 0 Å². The van der Waals surface area contributed by atoms with Gasteiger partial charge >= 0.3 is 0 Å². The molecular weight excluding hydrogens is 342 g/mol. The smallest absolute Gasteiger partial charge is 0.273 e. The third kappa shape index (κ3) is 2.96. The topological polar surface area (TPSA) is 102 Å². The monoisotopic (exact) mass is 355 g/mol. The van der Waals surface area contributed by atoms with Gasteiger partial charge in [0, 0.05) is 18.8 Å². The first-order chi connectivity index (χ1) is 10.8. The molecule has 7 nitrogen and oxygen atoms in total. The molecule has 0 radical (unpaired) electrons. The van der Waals surface area contributed by atoms with Gasteiger partial charge in [0.2, 0.25) is 5.91 Å². The molecule has 2 amide bonds. The molecule has 0 unspecified atom stereocenters. The second kappa shape index (κ2) is 5.61. The molecule has 2 atom stereocenters. The Morgan fingerprint density at radius 1 is 1.52 bits per heavy atom. The molecule has 2 aliphatic rings. The van der Waals surface area contributed by atoms with Crippen molar-refractivity contribution in [2.45, 2.75) is 23.5 Å². The Hall–Kier alpha value is -1.93. The first-order valence-corrected chi connectivity index (χ1v) is 8.08. The molecule has 1 aromatic carbocycles. The highest BCUT2D eigenvalue weighted by atomic mass is 35.5. The minimum atomic E-state index is -0.604. The number of halogens is 1. The Morgan fingerprint density at radius 2 is 2.22 bits per heavy atom. The fourth-order valence-electron chi connectivity index (χ4n) is 2.49. The van der Waals surface area contributed by atoms with E-state index in [4.69, 9.17) is 11.6 Å². The molecule has 9 heteroatoms. The molecule has 0 aliphatic carbocycles. The summed E-state index contributed by atoms with van der Waals surface area (Å²) >= 11 is 7.49. The van der Waals surface area contributed by atoms with E-state index in [9.17, 15) is 19.8 Å². The molecule has 2 fully saturated rings. The van der Waals surface area contributed by atoms with Crippen LogP contribution in [0.25, 0.3) is 0 Å². The number of aromatic hydroxyl groups is 2. The highest BCUT2D eigenvalue weighted by molar-refractivity contribution is 8.02. The van der Waals surface area contributed by atoms with E-state index in [1.807, 2.05) is 6.92 Å². The number of hydrogen-bond donors (Lipinski definition) is 3. The van der Waals surface area contributed by atoms with Gasteiger partial charge in [0.05, 0.1) is 27.1 Å². The minimum Gasteiger partial charge on any atom is -0.504 e. The number of β-lactam (4-membered cyclic amide) rings is 1. The zero-order valence-electron chi connectivity index (χ0n) is 12.1. The van der Waals surface area contributed by atoms with E-state index >= 15 is 0 Å². The number of nitrogens with zero attached hydrogens (tertiary/aromatic N) is 2. The van der Waals surface area contributed by atoms with Crippen molar-refractivity contribution in [2.75, 3.05) is 6.54 Å². The fraction of sp³-hybridized carbons (Fsp3) is 0.357. The largest absolute Gasteiger partial charge is 0.504 e. The van der Waals surface area contributed by atoms with Crippen LogP contribution >= 0.6 is 23.4 Å². The van der Waals surface area contributed by atoms with Crippen LogP contribution in [-0.4, -0.2) is 49.8 Å². The van der Waals surface area contributed by atoms with Gasteiger partial charge in [-0.3, -0.25) is 9.59 Å². The van der Waals surface area contributed by atoms with Gasteiger partial charge in [-0.2, -0.15) is 5.10 Å². The number of thioether (sulfide) groups is 1. The summed E-state index contributed by atoms with van der Waals surface area (Å²) in [7, 11) is 0. The molecule has 23 heavy (non-hydrogen) atoms. The van der Waals surface area contributed by atoms with Crippen LogP contribution in [0.1, 0.15) is 23.7 Å². The molecule has 2 aliphatic heterocycles. The minimum absolute atomic E-state index is 0.00217. The fourth-order valence-corrected chi connectivity index (χ4v) is 4.23. The van der Waals surface area contributed by atoms with Crippen molar-refractivity contribution in [3.63, 3.8) is 0 Å². The molecule has 0 bridgehead atoms. The number of rotatable bonds is 3. The Balaban J connectivity index is 1.65. The number of carbonyl (C=O) groups is 2. The maximum absolute atomic E-state index is 12.0. The summed E-state index contributed by atoms with van der Waals surface area (Å²) < 4.78 is -0.356. The highest BCUT2D eigenvalue weighted by Crippen LogP contribution is 2.45. The van der Waals surface area contributed by atoms with Crippen LogP contribution in [0.3, 0.4) is 0 Å². The summed E-state index contributed by atoms with van der Waals surface area (Å²) in [6.07, 6.45) is 2.14. The molecule has 3 rings (SSSR count). The van der Waals surface area contributed by atoms with E-state index < -0.39 is 17.4 Å². The van der Waals surface area contributed by atoms with Gasteiger partial charge in [0.1, 0.15) is 0 Å². The number of phenolic OH excluding ortho intramolecular Hbond substituents is 2. The van der Waals surface area contributed by atoms with Gasteiger partial charge in [-0.05, 0) is 13.0 Å². The zero-order valence-corrected chi connectivity index (χ0v) is 13.7. The number of carbonyl (C=O) groups excluding carboxylic acids is 2. The van der Waals surface area contributed by atoms with Gasteiger partial charge in [-0.25, -0.2) is 5.43 Å². The average Bonchev–Trinajstić information content (AvgIpc) is 2.75. The summed E-state index contributed by atoms with van der Waals surface area (Å²) in [5, 5.41) is 22.9. The van der Waals surface area contributed by atoms with Crippen LogP contribution < -0.4 is 5.43 Å². The normalized spacial score (nSPS) is 26.3. The molecule has 2 heterocycles. The number of amides is 2. The average molecular weight is 356 g/mol. The molecular formula is C14H14ClN3O4S. The van der Waals surface area contributed by atoms with E-state index in [0.717, 1.165) is 12.1 Å². The number of hydrazone groups is 1. The van der Waals surface area contributed by atoms with Crippen LogP contribution in [0.15, 0.2) is 17.2 Å². The predicted molar refractivity (Wildman–Crippen MR) is 86.9 cm³/mol. The first kappa shape index (κ1) is 15.9. The summed E-state index contributed by atoms with van der Waals surface area (Å²) in [6, 6.07) is 2.15. The Kier molecular flexibility index (Phi) is 3.89. The maximum atomic E-state index is 12.0. The van der Waals surface area contributed by atoms with Crippen LogP contribution in [0.2, 0.25) is 5.02 Å². The number of phenols is 2. The second-order valence-electron chi connectivity index (χ2n) is 5.63. The van der Waals surface area contributed by atoms with Crippen molar-refractivity contribution in [1.82, 2.24) is 10.3 Å². The summed E-state index contributed by atoms with van der Waals surface area (Å²) in [5.74, 6) is -1.31. The van der Waals surface area contributed by atoms with E-state index in [0.29, 0.717) is 13.0 Å². The van der Waals surface area contributed by atoms with Gasteiger partial charge < -0.3 is 15.1 Å². The molecule has 3 N–H and O–H groups in total. The molecule has 0 spiro atoms. The second-order valence-corrected chi connectivity index (χ2v) is 7.75. The SMILES string of the molecule is C[C@]1(/C=N/NC(=O)c2cc(O)c(O)cc2Cl)CN2C(=O)C[C@H]2S1. The van der Waals surface area contributed by atoms with Gasteiger partial charge in [0.25, 0.3) is 5.91 Å². The lowest BCUT2D eigenvalue weighted by Crippen LogP contribution is -2.47. The van der Waals surface area contributed by atoms with E-state index in [-0.39, 0.29) is 26.6 Å². The maximum Gasteiger partial charge on any atom is 0.273 e. The zero-order chi connectivity index (χ0) is 16.8. The van der Waals surface area contributed by atoms with Crippen LogP contribution in [0, 0.1) is 0 Å². The van der Waals surface area contributed by atoms with Crippen molar-refractivity contribution >= 4 is 41.4 Å². The molecule has 2 saturated heterocycles. The van der Waals surface area contributed by atoms with Crippen molar-refractivity contribution in [2.24, 2.45) is 5.10 Å². The van der Waals surface area contributed by atoms with E-state index in [1.54, 1.807) is 22.9 Å². The quantitative estimate of drug-likeness (QED) is 0.330. The number of nitrogens with one attached hydrogen (secondary N) is 1. The molecule has 122 valence electrons. The van der Waals surface area contributed by atoms with Gasteiger partial charge in [0.15, 0.2) is 11.5 Å². The summed E-state index contributed by atoms with van der Waals surface area (Å²) in [6.45, 7) is 2.50. The Labute approximate surface area is 141 Å². The van der Waals surface area contributed by atoms with Crippen molar-refractivity contribution in [3.05, 3.63) is 22.7 Å². The molecule has 0 aromatic heterocycles. The predicted octanol–water partition coefficient (Wildman–Crippen LogP) is 1.53. The highest BCUT2D eigenvalue weighted by Gasteiger charge is 2.49. The summed E-state index contributed by atoms with van der Waals surface area (Å²) in [4.78, 5) is 25.2. The van der Waals surface area contributed by atoms with Gasteiger partial charge in [-0.1, -0.05) is 11.6 Å². The van der Waals surface area contributed by atoms with Crippen molar-refractivity contribution in [3.8, 4) is 11.5 Å². The molecule has 0 saturated carbocycles. The lowest BCUT2D eigenvalue weighted by atomic mass is 10.1. The number of benzene rings is 1. The van der Waals surface area contributed by atoms with Gasteiger partial charge in [-0.15, -0.1) is 11.8 Å². The first-order valence-electron chi connectivity index (χ1n) is 6.82. The van der Waals surface area contributed by atoms with E-state index in [1.165, 1.54) is 0 Å². The third-order valence-corrected chi connectivity index (χ3v) is 5.50. The third-order valence-electron chi connectivity index (χ3n) is 3.72. The Morgan fingerprint density at radius 3 is 2.87 bits per heavy atom.